The average Bonchev–Trinajstić information content (AvgIpc) is 2.82. The molecule has 0 atom stereocenters. The van der Waals surface area contributed by atoms with E-state index in [-0.39, 0.29) is 11.3 Å². The van der Waals surface area contributed by atoms with Crippen molar-refractivity contribution >= 4 is 11.6 Å². The van der Waals surface area contributed by atoms with Crippen LogP contribution in [0, 0.1) is 5.82 Å². The van der Waals surface area contributed by atoms with Crippen LogP contribution in [0.25, 0.3) is 11.3 Å². The minimum atomic E-state index is -0.750. The lowest BCUT2D eigenvalue weighted by Crippen LogP contribution is -2.19. The summed E-state index contributed by atoms with van der Waals surface area (Å²) < 4.78 is 19.5. The van der Waals surface area contributed by atoms with Crippen molar-refractivity contribution in [1.29, 1.82) is 0 Å². The SMILES string of the molecule is Cn1oc(=O)c(C(=O)Nc2cccc(F)c2)c1-c1ccccc1. The van der Waals surface area contributed by atoms with Gasteiger partial charge in [0.25, 0.3) is 5.91 Å². The molecule has 0 bridgehead atoms. The molecule has 1 amide bonds. The number of aromatic nitrogens is 1. The Kier molecular flexibility index (Phi) is 3.80. The van der Waals surface area contributed by atoms with Gasteiger partial charge in [0.2, 0.25) is 0 Å². The molecule has 5 nitrogen and oxygen atoms in total. The quantitative estimate of drug-likeness (QED) is 0.808. The standard InChI is InChI=1S/C17H13FN2O3/c1-20-15(11-6-3-2-4-7-11)14(17(22)23-20)16(21)19-13-9-5-8-12(18)10-13/h2-10H,1H3,(H,19,21). The molecule has 0 saturated carbocycles. The predicted molar refractivity (Wildman–Crippen MR) is 83.7 cm³/mol. The van der Waals surface area contributed by atoms with Gasteiger partial charge >= 0.3 is 5.63 Å². The van der Waals surface area contributed by atoms with Gasteiger partial charge in [-0.3, -0.25) is 4.79 Å². The summed E-state index contributed by atoms with van der Waals surface area (Å²) >= 11 is 0. The molecule has 0 aliphatic carbocycles. The van der Waals surface area contributed by atoms with Gasteiger partial charge in [0.05, 0.1) is 0 Å². The highest BCUT2D eigenvalue weighted by molar-refractivity contribution is 6.07. The molecule has 6 heteroatoms. The fourth-order valence-corrected chi connectivity index (χ4v) is 2.35. The Morgan fingerprint density at radius 3 is 2.57 bits per heavy atom. The van der Waals surface area contributed by atoms with Crippen molar-refractivity contribution in [3.63, 3.8) is 0 Å². The van der Waals surface area contributed by atoms with Crippen molar-refractivity contribution in [3.05, 3.63) is 76.4 Å². The summed E-state index contributed by atoms with van der Waals surface area (Å²) in [6.45, 7) is 0. The summed E-state index contributed by atoms with van der Waals surface area (Å²) in [6, 6.07) is 14.4. The lowest BCUT2D eigenvalue weighted by Gasteiger charge is -2.06. The molecule has 1 N–H and O–H groups in total. The maximum Gasteiger partial charge on any atom is 0.370 e. The van der Waals surface area contributed by atoms with E-state index in [1.165, 1.54) is 29.0 Å². The second-order valence-corrected chi connectivity index (χ2v) is 4.93. The zero-order chi connectivity index (χ0) is 16.4. The number of carbonyl (C=O) groups excluding carboxylic acids is 1. The van der Waals surface area contributed by atoms with Crippen LogP contribution in [-0.2, 0) is 7.05 Å². The zero-order valence-electron chi connectivity index (χ0n) is 12.2. The van der Waals surface area contributed by atoms with Gasteiger partial charge in [0.15, 0.2) is 5.56 Å². The Morgan fingerprint density at radius 1 is 1.13 bits per heavy atom. The molecule has 0 spiro atoms. The molecule has 0 aliphatic heterocycles. The number of benzene rings is 2. The van der Waals surface area contributed by atoms with E-state index in [9.17, 15) is 14.0 Å². The largest absolute Gasteiger partial charge is 0.370 e. The van der Waals surface area contributed by atoms with Gasteiger partial charge < -0.3 is 9.84 Å². The molecular weight excluding hydrogens is 299 g/mol. The Labute approximate surface area is 130 Å². The molecular formula is C17H13FN2O3. The monoisotopic (exact) mass is 312 g/mol. The van der Waals surface area contributed by atoms with Crippen molar-refractivity contribution in [2.24, 2.45) is 7.05 Å². The van der Waals surface area contributed by atoms with Crippen LogP contribution >= 0.6 is 0 Å². The Balaban J connectivity index is 2.03. The van der Waals surface area contributed by atoms with Gasteiger partial charge in [0.1, 0.15) is 11.5 Å². The number of carbonyl (C=O) groups is 1. The molecule has 0 saturated heterocycles. The van der Waals surface area contributed by atoms with Gasteiger partial charge in [-0.15, -0.1) is 0 Å². The lowest BCUT2D eigenvalue weighted by molar-refractivity contribution is 0.102. The fraction of sp³-hybridized carbons (Fsp3) is 0.0588. The average molecular weight is 312 g/mol. The third kappa shape index (κ3) is 2.91. The molecule has 116 valence electrons. The van der Waals surface area contributed by atoms with Crippen LogP contribution < -0.4 is 10.9 Å². The zero-order valence-corrected chi connectivity index (χ0v) is 12.2. The molecule has 2 aromatic carbocycles. The molecule has 0 fully saturated rings. The van der Waals surface area contributed by atoms with Gasteiger partial charge in [-0.25, -0.2) is 13.9 Å². The first kappa shape index (κ1) is 14.8. The summed E-state index contributed by atoms with van der Waals surface area (Å²) in [5.74, 6) is -1.13. The number of nitrogens with zero attached hydrogens (tertiary/aromatic N) is 1. The van der Waals surface area contributed by atoms with Crippen molar-refractivity contribution < 1.29 is 13.7 Å². The Hall–Kier alpha value is -3.15. The molecule has 23 heavy (non-hydrogen) atoms. The number of rotatable bonds is 3. The second-order valence-electron chi connectivity index (χ2n) is 4.93. The van der Waals surface area contributed by atoms with Crippen molar-refractivity contribution in [3.8, 4) is 11.3 Å². The summed E-state index contributed by atoms with van der Waals surface area (Å²) in [4.78, 5) is 24.5. The topological polar surface area (TPSA) is 64.2 Å². The maximum atomic E-state index is 13.2. The number of halogens is 1. The van der Waals surface area contributed by atoms with Crippen molar-refractivity contribution in [2.45, 2.75) is 0 Å². The summed E-state index contributed by atoms with van der Waals surface area (Å²) in [7, 11) is 1.54. The van der Waals surface area contributed by atoms with Crippen LogP contribution in [-0.4, -0.2) is 10.6 Å². The first-order valence-electron chi connectivity index (χ1n) is 6.89. The summed E-state index contributed by atoms with van der Waals surface area (Å²) in [5.41, 5.74) is 0.426. The summed E-state index contributed by atoms with van der Waals surface area (Å²) in [6.07, 6.45) is 0. The van der Waals surface area contributed by atoms with Crippen LogP contribution in [0.3, 0.4) is 0 Å². The predicted octanol–water partition coefficient (Wildman–Crippen LogP) is 3.04. The van der Waals surface area contributed by atoms with E-state index in [0.29, 0.717) is 11.3 Å². The second kappa shape index (κ2) is 5.92. The molecule has 0 aliphatic rings. The smallest absolute Gasteiger partial charge is 0.335 e. The van der Waals surface area contributed by atoms with Crippen molar-refractivity contribution in [1.82, 2.24) is 4.74 Å². The normalized spacial score (nSPS) is 10.5. The minimum Gasteiger partial charge on any atom is -0.335 e. The Morgan fingerprint density at radius 2 is 1.87 bits per heavy atom. The van der Waals surface area contributed by atoms with E-state index in [4.69, 9.17) is 4.52 Å². The van der Waals surface area contributed by atoms with E-state index in [2.05, 4.69) is 5.32 Å². The van der Waals surface area contributed by atoms with E-state index in [0.717, 1.165) is 0 Å². The van der Waals surface area contributed by atoms with E-state index in [1.54, 1.807) is 31.3 Å². The van der Waals surface area contributed by atoms with Crippen LogP contribution in [0.4, 0.5) is 10.1 Å². The van der Waals surface area contributed by atoms with Crippen LogP contribution in [0.1, 0.15) is 10.4 Å². The van der Waals surface area contributed by atoms with Gasteiger partial charge in [-0.2, -0.15) is 0 Å². The molecule has 0 unspecified atom stereocenters. The van der Waals surface area contributed by atoms with Gasteiger partial charge in [-0.1, -0.05) is 36.4 Å². The van der Waals surface area contributed by atoms with Crippen LogP contribution in [0.5, 0.6) is 0 Å². The highest BCUT2D eigenvalue weighted by Gasteiger charge is 2.23. The number of aryl methyl sites for hydroxylation is 1. The number of anilines is 1. The van der Waals surface area contributed by atoms with Gasteiger partial charge in [-0.05, 0) is 18.2 Å². The first-order chi connectivity index (χ1) is 11.1. The molecule has 3 rings (SSSR count). The van der Waals surface area contributed by atoms with E-state index in [1.807, 2.05) is 6.07 Å². The lowest BCUT2D eigenvalue weighted by atomic mass is 10.1. The minimum absolute atomic E-state index is 0.122. The highest BCUT2D eigenvalue weighted by Crippen LogP contribution is 2.22. The number of nitrogens with one attached hydrogen (secondary N) is 1. The molecule has 3 aromatic rings. The van der Waals surface area contributed by atoms with Gasteiger partial charge in [0, 0.05) is 18.3 Å². The van der Waals surface area contributed by atoms with E-state index < -0.39 is 17.3 Å². The number of hydrogen-bond donors (Lipinski definition) is 1. The molecule has 1 heterocycles. The van der Waals surface area contributed by atoms with Crippen molar-refractivity contribution in [2.75, 3.05) is 5.32 Å². The third-order valence-electron chi connectivity index (χ3n) is 3.33. The first-order valence-corrected chi connectivity index (χ1v) is 6.89. The molecule has 0 radical (unpaired) electrons. The third-order valence-corrected chi connectivity index (χ3v) is 3.33. The number of hydrogen-bond acceptors (Lipinski definition) is 3. The number of amides is 1. The molecule has 1 aromatic heterocycles. The summed E-state index contributed by atoms with van der Waals surface area (Å²) in [5, 5.41) is 2.51. The Bertz CT molecular complexity index is 913. The van der Waals surface area contributed by atoms with Crippen LogP contribution in [0.15, 0.2) is 63.9 Å². The van der Waals surface area contributed by atoms with Crippen LogP contribution in [0.2, 0.25) is 0 Å². The highest BCUT2D eigenvalue weighted by atomic mass is 19.1. The van der Waals surface area contributed by atoms with E-state index >= 15 is 0 Å². The fourth-order valence-electron chi connectivity index (χ4n) is 2.35. The maximum absolute atomic E-state index is 13.2.